The first-order valence-electron chi connectivity index (χ1n) is 8.91. The van der Waals surface area contributed by atoms with Gasteiger partial charge in [-0.1, -0.05) is 0 Å². The maximum atomic E-state index is 12.3. The molecule has 1 N–H and O–H groups in total. The largest absolute Gasteiger partial charge is 0.308 e. The molecule has 0 aromatic carbocycles. The molecule has 3 aromatic heterocycles. The molecular formula is C19H21N5OS. The van der Waals surface area contributed by atoms with E-state index in [2.05, 4.69) is 20.4 Å². The van der Waals surface area contributed by atoms with Gasteiger partial charge in [-0.25, -0.2) is 9.67 Å². The van der Waals surface area contributed by atoms with Crippen molar-refractivity contribution in [3.63, 3.8) is 0 Å². The van der Waals surface area contributed by atoms with Gasteiger partial charge in [0.05, 0.1) is 11.7 Å². The minimum Gasteiger partial charge on any atom is -0.308 e. The molecule has 0 atom stereocenters. The quantitative estimate of drug-likeness (QED) is 0.750. The summed E-state index contributed by atoms with van der Waals surface area (Å²) in [5.74, 6) is 0. The molecule has 0 amide bonds. The van der Waals surface area contributed by atoms with E-state index in [1.807, 2.05) is 23.7 Å². The summed E-state index contributed by atoms with van der Waals surface area (Å²) in [4.78, 5) is 20.8. The molecule has 134 valence electrons. The van der Waals surface area contributed by atoms with Crippen molar-refractivity contribution in [3.05, 3.63) is 63.6 Å². The van der Waals surface area contributed by atoms with Crippen molar-refractivity contribution in [1.82, 2.24) is 25.1 Å². The van der Waals surface area contributed by atoms with Crippen LogP contribution in [-0.4, -0.2) is 25.8 Å². The van der Waals surface area contributed by atoms with E-state index in [1.165, 1.54) is 0 Å². The van der Waals surface area contributed by atoms with Crippen molar-refractivity contribution in [2.24, 2.45) is 0 Å². The van der Waals surface area contributed by atoms with E-state index in [0.29, 0.717) is 6.04 Å². The normalized spacial score (nSPS) is 20.2. The third-order valence-corrected chi connectivity index (χ3v) is 5.63. The highest BCUT2D eigenvalue weighted by molar-refractivity contribution is 7.09. The summed E-state index contributed by atoms with van der Waals surface area (Å²) in [5, 5.41) is 11.3. The number of hydrogen-bond donors (Lipinski definition) is 1. The molecular weight excluding hydrogens is 346 g/mol. The summed E-state index contributed by atoms with van der Waals surface area (Å²) in [5.41, 5.74) is 1.69. The van der Waals surface area contributed by atoms with Gasteiger partial charge in [0.1, 0.15) is 5.01 Å². The molecule has 1 aliphatic rings. The SMILES string of the molecule is O=c1ccc(-c2cccnc2)nn1C1CCC(NCc2nccs2)CC1. The monoisotopic (exact) mass is 367 g/mol. The van der Waals surface area contributed by atoms with Gasteiger partial charge in [0.2, 0.25) is 0 Å². The van der Waals surface area contributed by atoms with E-state index in [1.54, 1.807) is 40.5 Å². The Bertz CT molecular complexity index is 886. The molecule has 26 heavy (non-hydrogen) atoms. The number of aromatic nitrogens is 4. The molecule has 0 saturated heterocycles. The van der Waals surface area contributed by atoms with Crippen LogP contribution in [0.4, 0.5) is 0 Å². The van der Waals surface area contributed by atoms with Gasteiger partial charge in [-0.15, -0.1) is 11.3 Å². The Morgan fingerprint density at radius 1 is 1.15 bits per heavy atom. The smallest absolute Gasteiger partial charge is 0.267 e. The van der Waals surface area contributed by atoms with E-state index < -0.39 is 0 Å². The number of hydrogen-bond acceptors (Lipinski definition) is 6. The minimum absolute atomic E-state index is 0.0307. The Kier molecular flexibility index (Phi) is 5.17. The lowest BCUT2D eigenvalue weighted by Gasteiger charge is -2.29. The van der Waals surface area contributed by atoms with Gasteiger partial charge in [-0.2, -0.15) is 5.10 Å². The fourth-order valence-corrected chi connectivity index (χ4v) is 4.02. The van der Waals surface area contributed by atoms with E-state index in [-0.39, 0.29) is 11.6 Å². The standard InChI is InChI=1S/C19H21N5OS/c25-19-8-7-17(14-2-1-9-20-12-14)23-24(19)16-5-3-15(4-6-16)22-13-18-21-10-11-26-18/h1-2,7-12,15-16,22H,3-6,13H2. The molecule has 0 aliphatic heterocycles. The van der Waals surface area contributed by atoms with Crippen LogP contribution in [0.2, 0.25) is 0 Å². The van der Waals surface area contributed by atoms with E-state index in [0.717, 1.165) is 48.5 Å². The Balaban J connectivity index is 1.41. The van der Waals surface area contributed by atoms with Gasteiger partial charge in [0.15, 0.2) is 0 Å². The first-order chi connectivity index (χ1) is 12.8. The second kappa shape index (κ2) is 7.88. The third kappa shape index (κ3) is 3.89. The molecule has 3 aromatic rings. The van der Waals surface area contributed by atoms with Crippen molar-refractivity contribution in [2.75, 3.05) is 0 Å². The first-order valence-corrected chi connectivity index (χ1v) is 9.79. The van der Waals surface area contributed by atoms with Crippen LogP contribution in [0.25, 0.3) is 11.3 Å². The van der Waals surface area contributed by atoms with Gasteiger partial charge in [0.25, 0.3) is 5.56 Å². The molecule has 6 nitrogen and oxygen atoms in total. The molecule has 0 unspecified atom stereocenters. The van der Waals surface area contributed by atoms with Crippen molar-refractivity contribution >= 4 is 11.3 Å². The van der Waals surface area contributed by atoms with Crippen LogP contribution in [0.15, 0.2) is 53.0 Å². The zero-order valence-electron chi connectivity index (χ0n) is 14.4. The van der Waals surface area contributed by atoms with Crippen LogP contribution in [0.3, 0.4) is 0 Å². The lowest BCUT2D eigenvalue weighted by molar-refractivity contribution is 0.269. The van der Waals surface area contributed by atoms with Crippen LogP contribution >= 0.6 is 11.3 Å². The summed E-state index contributed by atoms with van der Waals surface area (Å²) >= 11 is 1.68. The van der Waals surface area contributed by atoms with Gasteiger partial charge < -0.3 is 5.32 Å². The van der Waals surface area contributed by atoms with E-state index >= 15 is 0 Å². The molecule has 0 radical (unpaired) electrons. The molecule has 0 bridgehead atoms. The maximum absolute atomic E-state index is 12.3. The van der Waals surface area contributed by atoms with Crippen molar-refractivity contribution in [1.29, 1.82) is 0 Å². The molecule has 3 heterocycles. The first kappa shape index (κ1) is 17.1. The van der Waals surface area contributed by atoms with Crippen molar-refractivity contribution < 1.29 is 0 Å². The van der Waals surface area contributed by atoms with Crippen molar-refractivity contribution in [2.45, 2.75) is 44.3 Å². The summed E-state index contributed by atoms with van der Waals surface area (Å²) < 4.78 is 1.67. The van der Waals surface area contributed by atoms with Gasteiger partial charge in [-0.3, -0.25) is 9.78 Å². The highest BCUT2D eigenvalue weighted by Crippen LogP contribution is 2.27. The molecule has 1 saturated carbocycles. The minimum atomic E-state index is -0.0307. The zero-order chi connectivity index (χ0) is 17.8. The Morgan fingerprint density at radius 3 is 2.77 bits per heavy atom. The summed E-state index contributed by atoms with van der Waals surface area (Å²) in [7, 11) is 0. The average molecular weight is 367 g/mol. The average Bonchev–Trinajstić information content (AvgIpc) is 3.22. The molecule has 1 aliphatic carbocycles. The highest BCUT2D eigenvalue weighted by Gasteiger charge is 2.24. The van der Waals surface area contributed by atoms with Crippen LogP contribution in [0, 0.1) is 0 Å². The molecule has 7 heteroatoms. The summed E-state index contributed by atoms with van der Waals surface area (Å²) in [6.45, 7) is 0.821. The Morgan fingerprint density at radius 2 is 2.04 bits per heavy atom. The second-order valence-electron chi connectivity index (χ2n) is 6.56. The zero-order valence-corrected chi connectivity index (χ0v) is 15.2. The number of thiazole rings is 1. The summed E-state index contributed by atoms with van der Waals surface area (Å²) in [6, 6.07) is 7.87. The van der Waals surface area contributed by atoms with Gasteiger partial charge in [0, 0.05) is 48.2 Å². The molecule has 0 spiro atoms. The maximum Gasteiger partial charge on any atom is 0.267 e. The van der Waals surface area contributed by atoms with Gasteiger partial charge >= 0.3 is 0 Å². The highest BCUT2D eigenvalue weighted by atomic mass is 32.1. The fourth-order valence-electron chi connectivity index (χ4n) is 3.45. The Labute approximate surface area is 156 Å². The van der Waals surface area contributed by atoms with Gasteiger partial charge in [-0.05, 0) is 43.9 Å². The van der Waals surface area contributed by atoms with Crippen LogP contribution in [0.5, 0.6) is 0 Å². The number of pyridine rings is 1. The number of rotatable bonds is 5. The predicted molar refractivity (Wildman–Crippen MR) is 102 cm³/mol. The lowest BCUT2D eigenvalue weighted by Crippen LogP contribution is -2.36. The Hall–Kier alpha value is -2.38. The lowest BCUT2D eigenvalue weighted by atomic mass is 9.91. The predicted octanol–water partition coefficient (Wildman–Crippen LogP) is 3.04. The number of nitrogens with one attached hydrogen (secondary N) is 1. The summed E-state index contributed by atoms with van der Waals surface area (Å²) in [6.07, 6.45) is 9.35. The van der Waals surface area contributed by atoms with Crippen LogP contribution in [-0.2, 0) is 6.54 Å². The fraction of sp³-hybridized carbons (Fsp3) is 0.368. The molecule has 4 rings (SSSR count). The second-order valence-corrected chi connectivity index (χ2v) is 7.53. The van der Waals surface area contributed by atoms with Crippen LogP contribution < -0.4 is 10.9 Å². The number of nitrogens with zero attached hydrogens (tertiary/aromatic N) is 4. The topological polar surface area (TPSA) is 72.7 Å². The van der Waals surface area contributed by atoms with E-state index in [4.69, 9.17) is 0 Å². The molecule has 1 fully saturated rings. The van der Waals surface area contributed by atoms with E-state index in [9.17, 15) is 4.79 Å². The van der Waals surface area contributed by atoms with Crippen molar-refractivity contribution in [3.8, 4) is 11.3 Å². The third-order valence-electron chi connectivity index (χ3n) is 4.85. The van der Waals surface area contributed by atoms with Crippen LogP contribution in [0.1, 0.15) is 36.7 Å².